The topological polar surface area (TPSA) is 0 Å². The van der Waals surface area contributed by atoms with Crippen molar-refractivity contribution >= 4 is 31.9 Å². The van der Waals surface area contributed by atoms with Crippen molar-refractivity contribution in [3.63, 3.8) is 0 Å². The van der Waals surface area contributed by atoms with E-state index < -0.39 is 0 Å². The lowest BCUT2D eigenvalue weighted by Crippen LogP contribution is -2.15. The Morgan fingerprint density at radius 1 is 1.00 bits per heavy atom. The predicted molar refractivity (Wildman–Crippen MR) is 94.7 cm³/mol. The molecule has 106 valence electrons. The van der Waals surface area contributed by atoms with Crippen LogP contribution in [0.25, 0.3) is 0 Å². The maximum atomic E-state index is 3.80. The molecule has 0 amide bonds. The molecule has 0 aliphatic heterocycles. The van der Waals surface area contributed by atoms with Gasteiger partial charge in [-0.1, -0.05) is 89.0 Å². The van der Waals surface area contributed by atoms with Crippen LogP contribution in [0.2, 0.25) is 0 Å². The molecule has 0 spiro atoms. The Hall–Kier alpha value is -0.600. The van der Waals surface area contributed by atoms with Crippen molar-refractivity contribution in [2.24, 2.45) is 0 Å². The van der Waals surface area contributed by atoms with Gasteiger partial charge in [-0.05, 0) is 40.7 Å². The predicted octanol–water partition coefficient (Wildman–Crippen LogP) is 6.62. The lowest BCUT2D eigenvalue weighted by molar-refractivity contribution is 0.506. The van der Waals surface area contributed by atoms with Crippen molar-refractivity contribution in [1.29, 1.82) is 0 Å². The van der Waals surface area contributed by atoms with E-state index in [1.165, 1.54) is 16.7 Å². The number of benzene rings is 2. The molecule has 0 saturated heterocycles. The second-order valence-corrected chi connectivity index (χ2v) is 7.61. The smallest absolute Gasteiger partial charge is 0.0645 e. The molecule has 0 aliphatic rings. The van der Waals surface area contributed by atoms with Crippen LogP contribution in [0.1, 0.15) is 48.7 Å². The molecule has 0 nitrogen and oxygen atoms in total. The quantitative estimate of drug-likeness (QED) is 0.510. The summed E-state index contributed by atoms with van der Waals surface area (Å²) in [6, 6.07) is 17.4. The summed E-state index contributed by atoms with van der Waals surface area (Å²) in [5.41, 5.74) is 4.20. The zero-order valence-electron chi connectivity index (χ0n) is 12.2. The molecule has 0 radical (unpaired) electrons. The highest BCUT2D eigenvalue weighted by Gasteiger charge is 2.18. The second kappa shape index (κ2) is 6.44. The molecule has 0 saturated carbocycles. The van der Waals surface area contributed by atoms with Crippen LogP contribution in [0.4, 0.5) is 0 Å². The van der Waals surface area contributed by atoms with E-state index in [-0.39, 0.29) is 10.2 Å². The van der Waals surface area contributed by atoms with Gasteiger partial charge in [-0.25, -0.2) is 0 Å². The number of alkyl halides is 1. The molecule has 0 fully saturated rings. The van der Waals surface area contributed by atoms with Gasteiger partial charge < -0.3 is 0 Å². The van der Waals surface area contributed by atoms with Gasteiger partial charge in [0.25, 0.3) is 0 Å². The monoisotopic (exact) mass is 394 g/mol. The standard InChI is InChI=1S/C18H20Br2/c1-4-18(2,3)15-10-8-13(9-11-15)17(20)14-6-5-7-16(19)12-14/h5-12,17H,4H2,1-3H3. The number of hydrogen-bond acceptors (Lipinski definition) is 0. The van der Waals surface area contributed by atoms with E-state index in [4.69, 9.17) is 0 Å². The highest BCUT2D eigenvalue weighted by Crippen LogP contribution is 2.34. The van der Waals surface area contributed by atoms with Crippen LogP contribution in [-0.2, 0) is 5.41 Å². The molecule has 2 rings (SSSR count). The van der Waals surface area contributed by atoms with E-state index in [2.05, 4.69) is 101 Å². The maximum Gasteiger partial charge on any atom is 0.0645 e. The van der Waals surface area contributed by atoms with Crippen molar-refractivity contribution in [2.75, 3.05) is 0 Å². The second-order valence-electron chi connectivity index (χ2n) is 5.78. The SMILES string of the molecule is CCC(C)(C)c1ccc(C(Br)c2cccc(Br)c2)cc1. The molecule has 0 N–H and O–H groups in total. The fourth-order valence-corrected chi connectivity index (χ4v) is 3.17. The summed E-state index contributed by atoms with van der Waals surface area (Å²) in [5.74, 6) is 0. The molecular weight excluding hydrogens is 376 g/mol. The van der Waals surface area contributed by atoms with E-state index in [0.717, 1.165) is 10.9 Å². The minimum Gasteiger partial charge on any atom is -0.0786 e. The molecule has 1 atom stereocenters. The van der Waals surface area contributed by atoms with Gasteiger partial charge in [0.05, 0.1) is 4.83 Å². The van der Waals surface area contributed by atoms with Gasteiger partial charge in [-0.2, -0.15) is 0 Å². The molecule has 2 aromatic carbocycles. The largest absolute Gasteiger partial charge is 0.0786 e. The molecule has 0 aliphatic carbocycles. The Morgan fingerprint density at radius 3 is 2.20 bits per heavy atom. The van der Waals surface area contributed by atoms with Gasteiger partial charge >= 0.3 is 0 Å². The zero-order chi connectivity index (χ0) is 14.8. The van der Waals surface area contributed by atoms with Crippen molar-refractivity contribution in [3.05, 3.63) is 69.7 Å². The molecule has 20 heavy (non-hydrogen) atoms. The Labute approximate surface area is 138 Å². The Bertz CT molecular complexity index is 570. The van der Waals surface area contributed by atoms with E-state index >= 15 is 0 Å². The lowest BCUT2D eigenvalue weighted by atomic mass is 9.82. The zero-order valence-corrected chi connectivity index (χ0v) is 15.3. The average molecular weight is 396 g/mol. The van der Waals surface area contributed by atoms with Crippen LogP contribution in [0, 0.1) is 0 Å². The van der Waals surface area contributed by atoms with Gasteiger partial charge in [0.2, 0.25) is 0 Å². The molecule has 0 bridgehead atoms. The third-order valence-electron chi connectivity index (χ3n) is 4.01. The third-order valence-corrected chi connectivity index (χ3v) is 5.56. The first-order valence-corrected chi connectivity index (χ1v) is 8.65. The third kappa shape index (κ3) is 3.53. The molecule has 0 heterocycles. The van der Waals surface area contributed by atoms with E-state index in [1.54, 1.807) is 0 Å². The fraction of sp³-hybridized carbons (Fsp3) is 0.333. The fourth-order valence-electron chi connectivity index (χ4n) is 2.16. The highest BCUT2D eigenvalue weighted by molar-refractivity contribution is 9.10. The van der Waals surface area contributed by atoms with Gasteiger partial charge in [0.15, 0.2) is 0 Å². The Balaban J connectivity index is 2.26. The van der Waals surface area contributed by atoms with Crippen LogP contribution in [0.15, 0.2) is 53.0 Å². The van der Waals surface area contributed by atoms with Gasteiger partial charge in [0, 0.05) is 4.47 Å². The summed E-state index contributed by atoms with van der Waals surface area (Å²) in [7, 11) is 0. The molecular formula is C18H20Br2. The van der Waals surface area contributed by atoms with E-state index in [9.17, 15) is 0 Å². The van der Waals surface area contributed by atoms with Crippen LogP contribution < -0.4 is 0 Å². The Morgan fingerprint density at radius 2 is 1.65 bits per heavy atom. The van der Waals surface area contributed by atoms with Gasteiger partial charge in [-0.15, -0.1) is 0 Å². The van der Waals surface area contributed by atoms with Crippen molar-refractivity contribution in [1.82, 2.24) is 0 Å². The van der Waals surface area contributed by atoms with E-state index in [0.29, 0.717) is 0 Å². The lowest BCUT2D eigenvalue weighted by Gasteiger charge is -2.24. The Kier molecular flexibility index (Phi) is 5.09. The first-order chi connectivity index (χ1) is 9.44. The minimum atomic E-state index is 0.235. The summed E-state index contributed by atoms with van der Waals surface area (Å²) in [4.78, 5) is 0.235. The average Bonchev–Trinajstić information content (AvgIpc) is 2.46. The summed E-state index contributed by atoms with van der Waals surface area (Å²) >= 11 is 7.33. The van der Waals surface area contributed by atoms with Crippen LogP contribution in [0.3, 0.4) is 0 Å². The normalized spacial score (nSPS) is 13.2. The molecule has 1 unspecified atom stereocenters. The van der Waals surface area contributed by atoms with Crippen LogP contribution in [-0.4, -0.2) is 0 Å². The first kappa shape index (κ1) is 15.8. The summed E-state index contributed by atoms with van der Waals surface area (Å²) in [6.07, 6.45) is 1.15. The van der Waals surface area contributed by atoms with Crippen LogP contribution in [0.5, 0.6) is 0 Å². The highest BCUT2D eigenvalue weighted by atomic mass is 79.9. The minimum absolute atomic E-state index is 0.235. The van der Waals surface area contributed by atoms with Gasteiger partial charge in [0.1, 0.15) is 0 Å². The summed E-state index contributed by atoms with van der Waals surface area (Å²) < 4.78 is 1.11. The van der Waals surface area contributed by atoms with Crippen molar-refractivity contribution < 1.29 is 0 Å². The summed E-state index contributed by atoms with van der Waals surface area (Å²) in [5, 5.41) is 0. The van der Waals surface area contributed by atoms with E-state index in [1.807, 2.05) is 0 Å². The molecule has 0 aromatic heterocycles. The van der Waals surface area contributed by atoms with Crippen molar-refractivity contribution in [3.8, 4) is 0 Å². The number of hydrogen-bond donors (Lipinski definition) is 0. The van der Waals surface area contributed by atoms with Crippen molar-refractivity contribution in [2.45, 2.75) is 37.4 Å². The van der Waals surface area contributed by atoms with Crippen LogP contribution >= 0.6 is 31.9 Å². The number of halogens is 2. The van der Waals surface area contributed by atoms with Gasteiger partial charge in [-0.3, -0.25) is 0 Å². The molecule has 2 heteroatoms. The summed E-state index contributed by atoms with van der Waals surface area (Å²) in [6.45, 7) is 6.83. The first-order valence-electron chi connectivity index (χ1n) is 6.94. The number of rotatable bonds is 4. The molecule has 2 aromatic rings. The maximum absolute atomic E-state index is 3.80.